The monoisotopic (exact) mass is 241 g/mol. The van der Waals surface area contributed by atoms with Gasteiger partial charge in [0.05, 0.1) is 0 Å². The van der Waals surface area contributed by atoms with E-state index in [0.717, 1.165) is 0 Å². The van der Waals surface area contributed by atoms with Gasteiger partial charge in [0.15, 0.2) is 0 Å². The first-order valence-corrected chi connectivity index (χ1v) is 5.65. The number of rotatable bonds is 2. The number of amides is 1. The molecule has 1 unspecified atom stereocenters. The first kappa shape index (κ1) is 13.5. The van der Waals surface area contributed by atoms with Crippen LogP contribution >= 0.6 is 0 Å². The lowest BCUT2D eigenvalue weighted by molar-refractivity contribution is -0.145. The van der Waals surface area contributed by atoms with Gasteiger partial charge in [0.25, 0.3) is 0 Å². The molecule has 1 aliphatic carbocycles. The Balaban J connectivity index is 2.71. The van der Waals surface area contributed by atoms with Gasteiger partial charge in [0.2, 0.25) is 0 Å². The molecule has 0 bridgehead atoms. The number of carbonyl (C=O) groups excluding carboxylic acids is 1. The number of hydrogen-bond acceptors (Lipinski definition) is 3. The van der Waals surface area contributed by atoms with Crippen LogP contribution in [0, 0.1) is 0 Å². The van der Waals surface area contributed by atoms with E-state index in [1.54, 1.807) is 26.8 Å². The van der Waals surface area contributed by atoms with Crippen LogP contribution in [0.2, 0.25) is 0 Å². The first-order chi connectivity index (χ1) is 7.75. The van der Waals surface area contributed by atoms with E-state index in [1.807, 2.05) is 6.08 Å². The molecule has 1 atom stereocenters. The summed E-state index contributed by atoms with van der Waals surface area (Å²) in [6, 6.07) is 0. The standard InChI is InChI=1S/C12H19NO4/c1-11(2,3)17-10(16)13-12(9(14)15)7-5-4-6-8-12/h4-5H,6-8H2,1-3H3,(H,13,16)(H,14,15). The van der Waals surface area contributed by atoms with Crippen LogP contribution in [0.3, 0.4) is 0 Å². The molecular weight excluding hydrogens is 222 g/mol. The third-order valence-electron chi connectivity index (χ3n) is 2.52. The number of hydrogen-bond donors (Lipinski definition) is 2. The van der Waals surface area contributed by atoms with Crippen LogP contribution in [0.15, 0.2) is 12.2 Å². The molecule has 0 fully saturated rings. The number of carboxylic acids is 1. The van der Waals surface area contributed by atoms with Crippen molar-refractivity contribution in [3.05, 3.63) is 12.2 Å². The minimum Gasteiger partial charge on any atom is -0.479 e. The topological polar surface area (TPSA) is 75.6 Å². The molecule has 2 N–H and O–H groups in total. The van der Waals surface area contributed by atoms with Crippen molar-refractivity contribution in [2.45, 2.75) is 51.2 Å². The molecule has 5 nitrogen and oxygen atoms in total. The van der Waals surface area contributed by atoms with Gasteiger partial charge < -0.3 is 15.2 Å². The summed E-state index contributed by atoms with van der Waals surface area (Å²) in [7, 11) is 0. The van der Waals surface area contributed by atoms with E-state index < -0.39 is 23.2 Å². The third kappa shape index (κ3) is 3.76. The molecule has 96 valence electrons. The van der Waals surface area contributed by atoms with Crippen molar-refractivity contribution in [1.29, 1.82) is 0 Å². The molecular formula is C12H19NO4. The van der Waals surface area contributed by atoms with Gasteiger partial charge in [0.1, 0.15) is 11.1 Å². The van der Waals surface area contributed by atoms with Crippen molar-refractivity contribution in [3.8, 4) is 0 Å². The zero-order valence-electron chi connectivity index (χ0n) is 10.4. The quantitative estimate of drug-likeness (QED) is 0.726. The maximum Gasteiger partial charge on any atom is 0.408 e. The van der Waals surface area contributed by atoms with Gasteiger partial charge in [-0.1, -0.05) is 12.2 Å². The lowest BCUT2D eigenvalue weighted by Gasteiger charge is -2.32. The number of carboxylic acid groups (broad SMARTS) is 1. The maximum atomic E-state index is 11.6. The van der Waals surface area contributed by atoms with Gasteiger partial charge in [-0.3, -0.25) is 0 Å². The number of ether oxygens (including phenoxy) is 1. The van der Waals surface area contributed by atoms with E-state index in [2.05, 4.69) is 5.32 Å². The predicted molar refractivity (Wildman–Crippen MR) is 62.7 cm³/mol. The molecule has 0 aromatic heterocycles. The van der Waals surface area contributed by atoms with Crippen LogP contribution in [-0.2, 0) is 9.53 Å². The first-order valence-electron chi connectivity index (χ1n) is 5.65. The smallest absolute Gasteiger partial charge is 0.408 e. The van der Waals surface area contributed by atoms with Gasteiger partial charge in [0, 0.05) is 0 Å². The zero-order valence-corrected chi connectivity index (χ0v) is 10.4. The van der Waals surface area contributed by atoms with Gasteiger partial charge >= 0.3 is 12.1 Å². The van der Waals surface area contributed by atoms with Crippen LogP contribution in [0.4, 0.5) is 4.79 Å². The minimum absolute atomic E-state index is 0.293. The fourth-order valence-electron chi connectivity index (χ4n) is 1.69. The largest absolute Gasteiger partial charge is 0.479 e. The Kier molecular flexibility index (Phi) is 3.80. The molecule has 0 saturated carbocycles. The number of aliphatic carboxylic acids is 1. The number of carbonyl (C=O) groups is 2. The Bertz CT molecular complexity index is 343. The fraction of sp³-hybridized carbons (Fsp3) is 0.667. The van der Waals surface area contributed by atoms with E-state index in [0.29, 0.717) is 19.3 Å². The van der Waals surface area contributed by atoms with E-state index >= 15 is 0 Å². The molecule has 1 rings (SSSR count). The predicted octanol–water partition coefficient (Wildman–Crippen LogP) is 2.07. The van der Waals surface area contributed by atoms with Crippen LogP contribution in [0.25, 0.3) is 0 Å². The highest BCUT2D eigenvalue weighted by Crippen LogP contribution is 2.24. The average molecular weight is 241 g/mol. The number of alkyl carbamates (subject to hydrolysis) is 1. The second-order valence-electron chi connectivity index (χ2n) is 5.23. The molecule has 0 radical (unpaired) electrons. The Hall–Kier alpha value is -1.52. The second kappa shape index (κ2) is 4.77. The highest BCUT2D eigenvalue weighted by Gasteiger charge is 2.40. The number of nitrogens with one attached hydrogen (secondary N) is 1. The number of allylic oxidation sites excluding steroid dienone is 1. The zero-order chi connectivity index (χ0) is 13.1. The Morgan fingerprint density at radius 1 is 1.35 bits per heavy atom. The van der Waals surface area contributed by atoms with Crippen molar-refractivity contribution in [1.82, 2.24) is 5.32 Å². The third-order valence-corrected chi connectivity index (χ3v) is 2.52. The van der Waals surface area contributed by atoms with E-state index in [4.69, 9.17) is 4.74 Å². The SMILES string of the molecule is CC(C)(C)OC(=O)NC1(C(=O)O)CC=CCC1. The fourth-order valence-corrected chi connectivity index (χ4v) is 1.69. The van der Waals surface area contributed by atoms with Gasteiger partial charge in [-0.2, -0.15) is 0 Å². The van der Waals surface area contributed by atoms with Crippen molar-refractivity contribution in [2.24, 2.45) is 0 Å². The summed E-state index contributed by atoms with van der Waals surface area (Å²) >= 11 is 0. The summed E-state index contributed by atoms with van der Waals surface area (Å²) in [6.07, 6.45) is 4.32. The highest BCUT2D eigenvalue weighted by molar-refractivity contribution is 5.84. The summed E-state index contributed by atoms with van der Waals surface area (Å²) in [5.74, 6) is -1.02. The second-order valence-corrected chi connectivity index (χ2v) is 5.23. The van der Waals surface area contributed by atoms with Crippen molar-refractivity contribution >= 4 is 12.1 Å². The molecule has 0 aromatic rings. The molecule has 0 aliphatic heterocycles. The molecule has 1 amide bonds. The summed E-state index contributed by atoms with van der Waals surface area (Å²) < 4.78 is 5.08. The summed E-state index contributed by atoms with van der Waals surface area (Å²) in [6.45, 7) is 5.21. The minimum atomic E-state index is -1.23. The van der Waals surface area contributed by atoms with Crippen molar-refractivity contribution in [3.63, 3.8) is 0 Å². The molecule has 0 heterocycles. The molecule has 0 saturated heterocycles. The van der Waals surface area contributed by atoms with Gasteiger partial charge in [-0.25, -0.2) is 9.59 Å². The van der Waals surface area contributed by atoms with Crippen molar-refractivity contribution < 1.29 is 19.4 Å². The van der Waals surface area contributed by atoms with E-state index in [-0.39, 0.29) is 0 Å². The maximum absolute atomic E-state index is 11.6. The molecule has 0 aromatic carbocycles. The summed E-state index contributed by atoms with van der Waals surface area (Å²) in [4.78, 5) is 22.9. The van der Waals surface area contributed by atoms with Crippen LogP contribution < -0.4 is 5.32 Å². The van der Waals surface area contributed by atoms with Crippen LogP contribution in [-0.4, -0.2) is 28.3 Å². The van der Waals surface area contributed by atoms with E-state index in [1.165, 1.54) is 0 Å². The molecule has 1 aliphatic rings. The Morgan fingerprint density at radius 2 is 2.00 bits per heavy atom. The van der Waals surface area contributed by atoms with Gasteiger partial charge in [-0.15, -0.1) is 0 Å². The summed E-state index contributed by atoms with van der Waals surface area (Å²) in [5.41, 5.74) is -1.86. The highest BCUT2D eigenvalue weighted by atomic mass is 16.6. The molecule has 5 heteroatoms. The Morgan fingerprint density at radius 3 is 2.41 bits per heavy atom. The summed E-state index contributed by atoms with van der Waals surface area (Å²) in [5, 5.41) is 11.7. The average Bonchev–Trinajstić information content (AvgIpc) is 2.15. The van der Waals surface area contributed by atoms with Crippen LogP contribution in [0.1, 0.15) is 40.0 Å². The van der Waals surface area contributed by atoms with Crippen LogP contribution in [0.5, 0.6) is 0 Å². The van der Waals surface area contributed by atoms with Gasteiger partial charge in [-0.05, 0) is 40.0 Å². The molecule has 17 heavy (non-hydrogen) atoms. The van der Waals surface area contributed by atoms with Crippen molar-refractivity contribution in [2.75, 3.05) is 0 Å². The lowest BCUT2D eigenvalue weighted by Crippen LogP contribution is -2.55. The Labute approximate surface area is 101 Å². The normalized spacial score (nSPS) is 24.2. The molecule has 0 spiro atoms. The van der Waals surface area contributed by atoms with E-state index in [9.17, 15) is 14.7 Å². The lowest BCUT2D eigenvalue weighted by atomic mass is 9.86.